The van der Waals surface area contributed by atoms with Gasteiger partial charge in [-0.1, -0.05) is 33.1 Å². The minimum Gasteiger partial charge on any atom is -0.388 e. The van der Waals surface area contributed by atoms with Crippen molar-refractivity contribution in [2.45, 2.75) is 51.6 Å². The minimum atomic E-state index is -0.673. The lowest BCUT2D eigenvalue weighted by atomic mass is 9.85. The molecule has 4 nitrogen and oxygen atoms in total. The van der Waals surface area contributed by atoms with Gasteiger partial charge in [-0.2, -0.15) is 0 Å². The summed E-state index contributed by atoms with van der Waals surface area (Å²) in [6.45, 7) is 5.14. The van der Waals surface area contributed by atoms with Gasteiger partial charge in [-0.15, -0.1) is 0 Å². The second kappa shape index (κ2) is 6.09. The van der Waals surface area contributed by atoms with Crippen LogP contribution in [-0.2, 0) is 0 Å². The summed E-state index contributed by atoms with van der Waals surface area (Å²) in [5.74, 6) is 0.448. The van der Waals surface area contributed by atoms with Crippen LogP contribution in [0.4, 0.5) is 4.79 Å². The average Bonchev–Trinajstić information content (AvgIpc) is 2.25. The number of urea groups is 1. The Morgan fingerprint density at radius 2 is 1.88 bits per heavy atom. The van der Waals surface area contributed by atoms with Crippen molar-refractivity contribution in [3.63, 3.8) is 0 Å². The van der Waals surface area contributed by atoms with Crippen molar-refractivity contribution in [2.24, 2.45) is 5.92 Å². The quantitative estimate of drug-likeness (QED) is 0.685. The van der Waals surface area contributed by atoms with E-state index in [1.807, 2.05) is 0 Å². The molecule has 0 spiro atoms. The molecule has 0 unspecified atom stereocenters. The molecule has 0 bridgehead atoms. The fourth-order valence-corrected chi connectivity index (χ4v) is 1.99. The summed E-state index contributed by atoms with van der Waals surface area (Å²) in [4.78, 5) is 11.4. The summed E-state index contributed by atoms with van der Waals surface area (Å²) in [5.41, 5.74) is -0.673. The van der Waals surface area contributed by atoms with Crippen molar-refractivity contribution < 1.29 is 9.90 Å². The maximum atomic E-state index is 11.4. The normalized spacial score (nSPS) is 19.5. The Morgan fingerprint density at radius 1 is 1.25 bits per heavy atom. The van der Waals surface area contributed by atoms with Gasteiger partial charge in [-0.25, -0.2) is 4.79 Å². The number of rotatable bonds is 4. The summed E-state index contributed by atoms with van der Waals surface area (Å²) in [5, 5.41) is 15.7. The maximum absolute atomic E-state index is 11.4. The van der Waals surface area contributed by atoms with Gasteiger partial charge in [0, 0.05) is 13.1 Å². The number of carbonyl (C=O) groups excluding carboxylic acids is 1. The van der Waals surface area contributed by atoms with Gasteiger partial charge in [-0.3, -0.25) is 0 Å². The van der Waals surface area contributed by atoms with E-state index >= 15 is 0 Å². The molecule has 0 radical (unpaired) electrons. The van der Waals surface area contributed by atoms with E-state index in [1.165, 1.54) is 6.42 Å². The molecule has 1 aliphatic rings. The number of aliphatic hydroxyl groups is 1. The van der Waals surface area contributed by atoms with Crippen LogP contribution in [0.1, 0.15) is 46.0 Å². The van der Waals surface area contributed by atoms with Gasteiger partial charge in [0.15, 0.2) is 0 Å². The molecule has 1 rings (SSSR count). The molecule has 1 aliphatic carbocycles. The van der Waals surface area contributed by atoms with Crippen LogP contribution in [0.5, 0.6) is 0 Å². The third-order valence-corrected chi connectivity index (χ3v) is 3.03. The highest BCUT2D eigenvalue weighted by atomic mass is 16.3. The first-order chi connectivity index (χ1) is 7.52. The molecule has 3 N–H and O–H groups in total. The monoisotopic (exact) mass is 228 g/mol. The molecule has 0 aromatic carbocycles. The van der Waals surface area contributed by atoms with E-state index < -0.39 is 5.60 Å². The van der Waals surface area contributed by atoms with Gasteiger partial charge in [0.2, 0.25) is 0 Å². The van der Waals surface area contributed by atoms with Crippen molar-refractivity contribution >= 4 is 6.03 Å². The molecule has 4 heteroatoms. The van der Waals surface area contributed by atoms with Gasteiger partial charge in [0.25, 0.3) is 0 Å². The number of nitrogens with one attached hydrogen (secondary N) is 2. The van der Waals surface area contributed by atoms with Crippen molar-refractivity contribution in [1.29, 1.82) is 0 Å². The Kier molecular flexibility index (Phi) is 5.06. The summed E-state index contributed by atoms with van der Waals surface area (Å²) in [6.07, 6.45) is 4.92. The first-order valence-electron chi connectivity index (χ1n) is 6.26. The molecular formula is C12H24N2O2. The van der Waals surface area contributed by atoms with E-state index in [9.17, 15) is 9.90 Å². The minimum absolute atomic E-state index is 0.173. The average molecular weight is 228 g/mol. The van der Waals surface area contributed by atoms with Crippen LogP contribution in [0.15, 0.2) is 0 Å². The molecule has 0 saturated heterocycles. The predicted octanol–water partition coefficient (Wildman–Crippen LogP) is 1.64. The summed E-state index contributed by atoms with van der Waals surface area (Å²) in [7, 11) is 0. The molecule has 0 aromatic rings. The van der Waals surface area contributed by atoms with E-state index in [0.29, 0.717) is 19.0 Å². The topological polar surface area (TPSA) is 61.4 Å². The van der Waals surface area contributed by atoms with Gasteiger partial charge in [-0.05, 0) is 18.8 Å². The molecule has 1 saturated carbocycles. The van der Waals surface area contributed by atoms with Crippen LogP contribution in [0, 0.1) is 5.92 Å². The summed E-state index contributed by atoms with van der Waals surface area (Å²) < 4.78 is 0. The maximum Gasteiger partial charge on any atom is 0.314 e. The van der Waals surface area contributed by atoms with Crippen molar-refractivity contribution in [2.75, 3.05) is 13.1 Å². The highest BCUT2D eigenvalue weighted by Crippen LogP contribution is 2.27. The third-order valence-electron chi connectivity index (χ3n) is 3.03. The fourth-order valence-electron chi connectivity index (χ4n) is 1.99. The van der Waals surface area contributed by atoms with Crippen LogP contribution in [-0.4, -0.2) is 29.8 Å². The lowest BCUT2D eigenvalue weighted by Gasteiger charge is -2.32. The molecule has 0 aliphatic heterocycles. The molecule has 0 atom stereocenters. The van der Waals surface area contributed by atoms with E-state index in [0.717, 1.165) is 25.7 Å². The lowest BCUT2D eigenvalue weighted by molar-refractivity contribution is 0.00719. The van der Waals surface area contributed by atoms with Crippen molar-refractivity contribution in [1.82, 2.24) is 10.6 Å². The van der Waals surface area contributed by atoms with E-state index in [1.54, 1.807) is 0 Å². The number of hydrogen-bond donors (Lipinski definition) is 3. The van der Waals surface area contributed by atoms with Gasteiger partial charge in [0.1, 0.15) is 0 Å². The lowest BCUT2D eigenvalue weighted by Crippen LogP contribution is -2.47. The first-order valence-corrected chi connectivity index (χ1v) is 6.26. The van der Waals surface area contributed by atoms with Crippen LogP contribution in [0.25, 0.3) is 0 Å². The largest absolute Gasteiger partial charge is 0.388 e. The predicted molar refractivity (Wildman–Crippen MR) is 64.3 cm³/mol. The second-order valence-electron chi connectivity index (χ2n) is 5.24. The van der Waals surface area contributed by atoms with E-state index in [-0.39, 0.29) is 6.03 Å². The Labute approximate surface area is 97.8 Å². The Morgan fingerprint density at radius 3 is 2.44 bits per heavy atom. The molecule has 1 fully saturated rings. The zero-order chi connectivity index (χ0) is 12.0. The zero-order valence-electron chi connectivity index (χ0n) is 10.4. The molecule has 0 heterocycles. The highest BCUT2D eigenvalue weighted by molar-refractivity contribution is 5.73. The standard InChI is InChI=1S/C12H24N2O2/c1-10(2)8-13-11(15)14-9-12(16)6-4-3-5-7-12/h10,16H,3-9H2,1-2H3,(H2,13,14,15). The molecule has 0 aromatic heterocycles. The Hall–Kier alpha value is -0.770. The molecule has 16 heavy (non-hydrogen) atoms. The molecular weight excluding hydrogens is 204 g/mol. The van der Waals surface area contributed by atoms with Gasteiger partial charge in [0.05, 0.1) is 5.60 Å². The van der Waals surface area contributed by atoms with E-state index in [4.69, 9.17) is 0 Å². The third kappa shape index (κ3) is 4.84. The number of amides is 2. The zero-order valence-corrected chi connectivity index (χ0v) is 10.4. The summed E-state index contributed by atoms with van der Waals surface area (Å²) >= 11 is 0. The van der Waals surface area contributed by atoms with Crippen LogP contribution >= 0.6 is 0 Å². The highest BCUT2D eigenvalue weighted by Gasteiger charge is 2.29. The van der Waals surface area contributed by atoms with Crippen molar-refractivity contribution in [3.8, 4) is 0 Å². The van der Waals surface area contributed by atoms with Crippen LogP contribution in [0.3, 0.4) is 0 Å². The first kappa shape index (κ1) is 13.3. The second-order valence-corrected chi connectivity index (χ2v) is 5.24. The SMILES string of the molecule is CC(C)CNC(=O)NCC1(O)CCCCC1. The number of hydrogen-bond acceptors (Lipinski definition) is 2. The smallest absolute Gasteiger partial charge is 0.314 e. The van der Waals surface area contributed by atoms with Crippen LogP contribution in [0.2, 0.25) is 0 Å². The van der Waals surface area contributed by atoms with Gasteiger partial charge >= 0.3 is 6.03 Å². The van der Waals surface area contributed by atoms with Gasteiger partial charge < -0.3 is 15.7 Å². The van der Waals surface area contributed by atoms with E-state index in [2.05, 4.69) is 24.5 Å². The fraction of sp³-hybridized carbons (Fsp3) is 0.917. The Bertz CT molecular complexity index is 223. The number of carbonyl (C=O) groups is 1. The van der Waals surface area contributed by atoms with Crippen LogP contribution < -0.4 is 10.6 Å². The molecule has 2 amide bonds. The summed E-state index contributed by atoms with van der Waals surface area (Å²) in [6, 6.07) is -0.173. The van der Waals surface area contributed by atoms with Crippen molar-refractivity contribution in [3.05, 3.63) is 0 Å². The Balaban J connectivity index is 2.19. The molecule has 94 valence electrons.